The van der Waals surface area contributed by atoms with Crippen LogP contribution in [-0.2, 0) is 0 Å². The number of hydrogen-bond acceptors (Lipinski definition) is 3. The van der Waals surface area contributed by atoms with E-state index in [-0.39, 0.29) is 5.91 Å². The van der Waals surface area contributed by atoms with Crippen LogP contribution < -0.4 is 11.3 Å². The summed E-state index contributed by atoms with van der Waals surface area (Å²) in [6.45, 7) is 1.81. The number of carbonyl (C=O) groups is 1. The molecule has 0 aliphatic carbocycles. The van der Waals surface area contributed by atoms with Crippen molar-refractivity contribution in [1.29, 1.82) is 5.26 Å². The molecule has 0 unspecified atom stereocenters. The normalized spacial score (nSPS) is 9.00. The van der Waals surface area contributed by atoms with Crippen LogP contribution in [0.25, 0.3) is 0 Å². The van der Waals surface area contributed by atoms with E-state index in [1.807, 2.05) is 18.4 Å². The summed E-state index contributed by atoms with van der Waals surface area (Å²) < 4.78 is 0. The molecule has 1 aromatic rings. The van der Waals surface area contributed by atoms with Crippen LogP contribution in [0, 0.1) is 18.3 Å². The van der Waals surface area contributed by atoms with Gasteiger partial charge in [0.05, 0.1) is 11.6 Å². The number of carbonyl (C=O) groups excluding carboxylic acids is 1. The Balaban J connectivity index is 3.17. The second kappa shape index (κ2) is 3.70. The Hall–Kier alpha value is -1.86. The topological polar surface area (TPSA) is 78.9 Å². The number of nitrogen functional groups attached to an aromatic ring is 1. The number of rotatable bonds is 1. The van der Waals surface area contributed by atoms with Crippen molar-refractivity contribution in [3.63, 3.8) is 0 Å². The molecule has 0 bridgehead atoms. The van der Waals surface area contributed by atoms with Crippen molar-refractivity contribution in [1.82, 2.24) is 5.43 Å². The van der Waals surface area contributed by atoms with Crippen LogP contribution in [0.5, 0.6) is 0 Å². The van der Waals surface area contributed by atoms with Gasteiger partial charge in [0.1, 0.15) is 0 Å². The van der Waals surface area contributed by atoms with Gasteiger partial charge in [-0.05, 0) is 30.7 Å². The predicted molar refractivity (Wildman–Crippen MR) is 47.5 cm³/mol. The van der Waals surface area contributed by atoms with Gasteiger partial charge in [-0.15, -0.1) is 0 Å². The summed E-state index contributed by atoms with van der Waals surface area (Å²) in [4.78, 5) is 11.1. The van der Waals surface area contributed by atoms with Crippen LogP contribution in [0.4, 0.5) is 0 Å². The molecular weight excluding hydrogens is 166 g/mol. The van der Waals surface area contributed by atoms with Crippen LogP contribution in [0.2, 0.25) is 0 Å². The molecule has 66 valence electrons. The number of nitrogens with one attached hydrogen (secondary N) is 1. The maximum Gasteiger partial charge on any atom is 0.265 e. The molecule has 1 aromatic carbocycles. The van der Waals surface area contributed by atoms with Gasteiger partial charge in [-0.2, -0.15) is 5.26 Å². The molecule has 4 heteroatoms. The third-order valence-corrected chi connectivity index (χ3v) is 1.60. The lowest BCUT2D eigenvalue weighted by Gasteiger charge is -2.01. The molecule has 13 heavy (non-hydrogen) atoms. The van der Waals surface area contributed by atoms with Crippen LogP contribution in [-0.4, -0.2) is 5.91 Å². The molecule has 0 radical (unpaired) electrons. The molecule has 0 saturated carbocycles. The lowest BCUT2D eigenvalue weighted by molar-refractivity contribution is 0.0953. The second-order valence-corrected chi connectivity index (χ2v) is 2.67. The van der Waals surface area contributed by atoms with Crippen LogP contribution in [0.1, 0.15) is 21.5 Å². The number of nitrogens with two attached hydrogens (primary N) is 1. The SMILES string of the molecule is Cc1cc(C#N)cc(C(=O)NN)c1. The number of nitriles is 1. The Morgan fingerprint density at radius 2 is 2.23 bits per heavy atom. The van der Waals surface area contributed by atoms with Gasteiger partial charge in [0.2, 0.25) is 0 Å². The fourth-order valence-electron chi connectivity index (χ4n) is 1.06. The molecule has 0 fully saturated rings. The summed E-state index contributed by atoms with van der Waals surface area (Å²) in [6, 6.07) is 6.83. The number of nitrogens with zero attached hydrogens (tertiary/aromatic N) is 1. The Bertz CT molecular complexity index is 379. The van der Waals surface area contributed by atoms with Gasteiger partial charge in [-0.3, -0.25) is 10.2 Å². The highest BCUT2D eigenvalue weighted by atomic mass is 16.2. The molecule has 0 heterocycles. The summed E-state index contributed by atoms with van der Waals surface area (Å²) in [5, 5.41) is 8.63. The van der Waals surface area contributed by atoms with Gasteiger partial charge < -0.3 is 0 Å². The average molecular weight is 175 g/mol. The van der Waals surface area contributed by atoms with E-state index >= 15 is 0 Å². The third-order valence-electron chi connectivity index (χ3n) is 1.60. The minimum absolute atomic E-state index is 0.389. The van der Waals surface area contributed by atoms with Gasteiger partial charge in [-0.25, -0.2) is 5.84 Å². The summed E-state index contributed by atoms with van der Waals surface area (Å²) in [7, 11) is 0. The van der Waals surface area contributed by atoms with Crippen LogP contribution in [0.3, 0.4) is 0 Å². The maximum atomic E-state index is 11.1. The molecule has 0 aliphatic heterocycles. The molecule has 3 N–H and O–H groups in total. The van der Waals surface area contributed by atoms with E-state index in [9.17, 15) is 4.79 Å². The van der Waals surface area contributed by atoms with E-state index in [2.05, 4.69) is 0 Å². The Labute approximate surface area is 75.9 Å². The minimum Gasteiger partial charge on any atom is -0.290 e. The fourth-order valence-corrected chi connectivity index (χ4v) is 1.06. The van der Waals surface area contributed by atoms with E-state index in [1.54, 1.807) is 12.1 Å². The molecule has 1 rings (SSSR count). The van der Waals surface area contributed by atoms with Crippen LogP contribution >= 0.6 is 0 Å². The number of hydrogen-bond donors (Lipinski definition) is 2. The first kappa shape index (κ1) is 9.23. The van der Waals surface area contributed by atoms with Crippen molar-refractivity contribution in [2.75, 3.05) is 0 Å². The Morgan fingerprint density at radius 1 is 1.54 bits per heavy atom. The zero-order chi connectivity index (χ0) is 9.84. The summed E-state index contributed by atoms with van der Waals surface area (Å²) in [6.07, 6.45) is 0. The van der Waals surface area contributed by atoms with Crippen LogP contribution in [0.15, 0.2) is 18.2 Å². The van der Waals surface area contributed by atoms with Gasteiger partial charge in [-0.1, -0.05) is 0 Å². The molecule has 0 aromatic heterocycles. The quantitative estimate of drug-likeness (QED) is 0.370. The van der Waals surface area contributed by atoms with Crippen molar-refractivity contribution in [3.05, 3.63) is 34.9 Å². The standard InChI is InChI=1S/C9H9N3O/c1-6-2-7(5-10)4-8(3-6)9(13)12-11/h2-4H,11H2,1H3,(H,12,13). The summed E-state index contributed by atoms with van der Waals surface area (Å²) in [5.74, 6) is 4.57. The monoisotopic (exact) mass is 175 g/mol. The lowest BCUT2D eigenvalue weighted by atomic mass is 10.1. The van der Waals surface area contributed by atoms with Crippen molar-refractivity contribution in [3.8, 4) is 6.07 Å². The molecule has 1 amide bonds. The molecule has 0 aliphatic rings. The van der Waals surface area contributed by atoms with Gasteiger partial charge in [0, 0.05) is 5.56 Å². The number of aryl methyl sites for hydroxylation is 1. The Kier molecular flexibility index (Phi) is 2.62. The first-order valence-corrected chi connectivity index (χ1v) is 3.70. The molecule has 0 saturated heterocycles. The smallest absolute Gasteiger partial charge is 0.265 e. The van der Waals surface area contributed by atoms with Gasteiger partial charge in [0.15, 0.2) is 0 Å². The van der Waals surface area contributed by atoms with Crippen molar-refractivity contribution >= 4 is 5.91 Å². The van der Waals surface area contributed by atoms with E-state index in [4.69, 9.17) is 11.1 Å². The Morgan fingerprint density at radius 3 is 2.77 bits per heavy atom. The van der Waals surface area contributed by atoms with Crippen molar-refractivity contribution < 1.29 is 4.79 Å². The van der Waals surface area contributed by atoms with Crippen molar-refractivity contribution in [2.45, 2.75) is 6.92 Å². The highest BCUT2D eigenvalue weighted by molar-refractivity contribution is 5.94. The molecule has 0 spiro atoms. The number of amides is 1. The third kappa shape index (κ3) is 2.04. The van der Waals surface area contributed by atoms with E-state index in [0.29, 0.717) is 11.1 Å². The highest BCUT2D eigenvalue weighted by Crippen LogP contribution is 2.08. The molecule has 0 atom stereocenters. The predicted octanol–water partition coefficient (Wildman–Crippen LogP) is 0.470. The maximum absolute atomic E-state index is 11.1. The number of hydrazine groups is 1. The minimum atomic E-state index is -0.389. The zero-order valence-corrected chi connectivity index (χ0v) is 7.16. The number of benzene rings is 1. The van der Waals surface area contributed by atoms with E-state index < -0.39 is 0 Å². The molecule has 4 nitrogen and oxygen atoms in total. The van der Waals surface area contributed by atoms with Gasteiger partial charge in [0.25, 0.3) is 5.91 Å². The lowest BCUT2D eigenvalue weighted by Crippen LogP contribution is -2.30. The summed E-state index contributed by atoms with van der Waals surface area (Å²) >= 11 is 0. The summed E-state index contributed by atoms with van der Waals surface area (Å²) in [5.41, 5.74) is 3.73. The van der Waals surface area contributed by atoms with E-state index in [0.717, 1.165) is 5.56 Å². The van der Waals surface area contributed by atoms with E-state index in [1.165, 1.54) is 6.07 Å². The average Bonchev–Trinajstić information content (AvgIpc) is 2.15. The zero-order valence-electron chi connectivity index (χ0n) is 7.16. The highest BCUT2D eigenvalue weighted by Gasteiger charge is 2.04. The first-order chi connectivity index (χ1) is 6.17. The second-order valence-electron chi connectivity index (χ2n) is 2.67. The molecular formula is C9H9N3O. The largest absolute Gasteiger partial charge is 0.290 e. The van der Waals surface area contributed by atoms with Crippen molar-refractivity contribution in [2.24, 2.45) is 5.84 Å². The first-order valence-electron chi connectivity index (χ1n) is 3.70. The van der Waals surface area contributed by atoms with Gasteiger partial charge >= 0.3 is 0 Å². The fraction of sp³-hybridized carbons (Fsp3) is 0.111.